The first-order valence-electron chi connectivity index (χ1n) is 6.32. The Kier molecular flexibility index (Phi) is 3.07. The summed E-state index contributed by atoms with van der Waals surface area (Å²) in [7, 11) is 0. The molecular weight excluding hydrogens is 194 g/mol. The SMILES string of the molecule is CC1(C)CCC(N)(CCc2ccccc2)C1. The van der Waals surface area contributed by atoms with E-state index in [9.17, 15) is 0 Å². The Morgan fingerprint density at radius 2 is 1.81 bits per heavy atom. The van der Waals surface area contributed by atoms with Crippen molar-refractivity contribution in [3.8, 4) is 0 Å². The fourth-order valence-corrected chi connectivity index (χ4v) is 2.97. The van der Waals surface area contributed by atoms with Gasteiger partial charge in [-0.15, -0.1) is 0 Å². The molecule has 1 fully saturated rings. The van der Waals surface area contributed by atoms with Gasteiger partial charge >= 0.3 is 0 Å². The predicted molar refractivity (Wildman–Crippen MR) is 69.3 cm³/mol. The zero-order valence-electron chi connectivity index (χ0n) is 10.5. The molecule has 0 aromatic heterocycles. The Balaban J connectivity index is 1.91. The quantitative estimate of drug-likeness (QED) is 0.823. The van der Waals surface area contributed by atoms with Crippen LogP contribution in [0.5, 0.6) is 0 Å². The lowest BCUT2D eigenvalue weighted by Gasteiger charge is -2.26. The normalized spacial score (nSPS) is 28.2. The minimum atomic E-state index is 0.0827. The van der Waals surface area contributed by atoms with Crippen molar-refractivity contribution >= 4 is 0 Å². The van der Waals surface area contributed by atoms with Crippen LogP contribution in [0.2, 0.25) is 0 Å². The molecule has 0 saturated heterocycles. The summed E-state index contributed by atoms with van der Waals surface area (Å²) in [6.45, 7) is 4.67. The van der Waals surface area contributed by atoms with Gasteiger partial charge in [-0.05, 0) is 43.1 Å². The molecule has 0 heterocycles. The van der Waals surface area contributed by atoms with Gasteiger partial charge in [-0.3, -0.25) is 0 Å². The highest BCUT2D eigenvalue weighted by molar-refractivity contribution is 5.15. The Labute approximate surface area is 99.0 Å². The molecule has 0 aliphatic heterocycles. The molecule has 1 saturated carbocycles. The topological polar surface area (TPSA) is 26.0 Å². The molecule has 0 radical (unpaired) electrons. The minimum Gasteiger partial charge on any atom is -0.325 e. The van der Waals surface area contributed by atoms with Crippen molar-refractivity contribution in [2.45, 2.75) is 51.5 Å². The van der Waals surface area contributed by atoms with E-state index in [1.165, 1.54) is 24.8 Å². The lowest BCUT2D eigenvalue weighted by Crippen LogP contribution is -2.38. The summed E-state index contributed by atoms with van der Waals surface area (Å²) in [4.78, 5) is 0. The van der Waals surface area contributed by atoms with E-state index in [0.717, 1.165) is 12.8 Å². The van der Waals surface area contributed by atoms with E-state index < -0.39 is 0 Å². The molecule has 1 aromatic carbocycles. The molecule has 1 aliphatic carbocycles. The third kappa shape index (κ3) is 2.85. The number of rotatable bonds is 3. The maximum Gasteiger partial charge on any atom is 0.0162 e. The van der Waals surface area contributed by atoms with Gasteiger partial charge in [-0.25, -0.2) is 0 Å². The number of hydrogen-bond acceptors (Lipinski definition) is 1. The van der Waals surface area contributed by atoms with Gasteiger partial charge in [0.25, 0.3) is 0 Å². The van der Waals surface area contributed by atoms with Crippen LogP contribution in [0.4, 0.5) is 0 Å². The van der Waals surface area contributed by atoms with Crippen molar-refractivity contribution in [3.05, 3.63) is 35.9 Å². The maximum absolute atomic E-state index is 6.48. The van der Waals surface area contributed by atoms with E-state index in [1.54, 1.807) is 0 Å². The first-order chi connectivity index (χ1) is 7.49. The fraction of sp³-hybridized carbons (Fsp3) is 0.600. The van der Waals surface area contributed by atoms with Crippen LogP contribution < -0.4 is 5.73 Å². The molecule has 16 heavy (non-hydrogen) atoms. The van der Waals surface area contributed by atoms with Crippen LogP contribution in [0.25, 0.3) is 0 Å². The second kappa shape index (κ2) is 4.21. The number of aryl methyl sites for hydroxylation is 1. The molecule has 0 bridgehead atoms. The van der Waals surface area contributed by atoms with Crippen LogP contribution in [0.3, 0.4) is 0 Å². The van der Waals surface area contributed by atoms with Gasteiger partial charge in [0.05, 0.1) is 0 Å². The smallest absolute Gasteiger partial charge is 0.0162 e. The van der Waals surface area contributed by atoms with Gasteiger partial charge in [0.15, 0.2) is 0 Å². The summed E-state index contributed by atoms with van der Waals surface area (Å²) in [5.74, 6) is 0. The summed E-state index contributed by atoms with van der Waals surface area (Å²) in [6.07, 6.45) is 5.88. The van der Waals surface area contributed by atoms with Gasteiger partial charge in [0.1, 0.15) is 0 Å². The van der Waals surface area contributed by atoms with E-state index in [4.69, 9.17) is 5.73 Å². The molecule has 1 aromatic rings. The van der Waals surface area contributed by atoms with Gasteiger partial charge in [-0.2, -0.15) is 0 Å². The number of nitrogens with two attached hydrogens (primary N) is 1. The molecule has 2 rings (SSSR count). The molecule has 1 nitrogen and oxygen atoms in total. The summed E-state index contributed by atoms with van der Waals surface area (Å²) in [6, 6.07) is 10.7. The monoisotopic (exact) mass is 217 g/mol. The Morgan fingerprint density at radius 3 is 2.38 bits per heavy atom. The highest BCUT2D eigenvalue weighted by Crippen LogP contribution is 2.44. The Morgan fingerprint density at radius 1 is 1.12 bits per heavy atom. The predicted octanol–water partition coefficient (Wildman–Crippen LogP) is 3.53. The second-order valence-electron chi connectivity index (χ2n) is 6.19. The minimum absolute atomic E-state index is 0.0827. The first kappa shape index (κ1) is 11.7. The largest absolute Gasteiger partial charge is 0.325 e. The van der Waals surface area contributed by atoms with Gasteiger partial charge < -0.3 is 5.73 Å². The van der Waals surface area contributed by atoms with Crippen molar-refractivity contribution in [1.82, 2.24) is 0 Å². The second-order valence-corrected chi connectivity index (χ2v) is 6.19. The van der Waals surface area contributed by atoms with Crippen molar-refractivity contribution in [2.24, 2.45) is 11.1 Å². The highest BCUT2D eigenvalue weighted by Gasteiger charge is 2.39. The molecule has 0 spiro atoms. The number of hydrogen-bond donors (Lipinski definition) is 1. The Hall–Kier alpha value is -0.820. The van der Waals surface area contributed by atoms with Crippen LogP contribution in [0, 0.1) is 5.41 Å². The fourth-order valence-electron chi connectivity index (χ4n) is 2.97. The third-order valence-corrected chi connectivity index (χ3v) is 3.88. The van der Waals surface area contributed by atoms with Crippen molar-refractivity contribution < 1.29 is 0 Å². The summed E-state index contributed by atoms with van der Waals surface area (Å²) < 4.78 is 0. The van der Waals surface area contributed by atoms with Crippen LogP contribution >= 0.6 is 0 Å². The van der Waals surface area contributed by atoms with Crippen LogP contribution in [0.15, 0.2) is 30.3 Å². The zero-order chi connectivity index (χ0) is 11.6. The van der Waals surface area contributed by atoms with Crippen LogP contribution in [0.1, 0.15) is 45.1 Å². The zero-order valence-corrected chi connectivity index (χ0v) is 10.5. The molecule has 2 N–H and O–H groups in total. The molecular formula is C15H23N. The molecule has 0 amide bonds. The summed E-state index contributed by atoms with van der Waals surface area (Å²) in [5, 5.41) is 0. The van der Waals surface area contributed by atoms with Crippen LogP contribution in [-0.2, 0) is 6.42 Å². The van der Waals surface area contributed by atoms with E-state index in [1.807, 2.05) is 0 Å². The molecule has 1 aliphatic rings. The molecule has 1 unspecified atom stereocenters. The van der Waals surface area contributed by atoms with Crippen molar-refractivity contribution in [2.75, 3.05) is 0 Å². The lowest BCUT2D eigenvalue weighted by atomic mass is 9.85. The lowest BCUT2D eigenvalue weighted by molar-refractivity contribution is 0.324. The van der Waals surface area contributed by atoms with E-state index in [2.05, 4.69) is 44.2 Å². The molecule has 1 heteroatoms. The molecule has 88 valence electrons. The van der Waals surface area contributed by atoms with Gasteiger partial charge in [0, 0.05) is 5.54 Å². The average Bonchev–Trinajstić information content (AvgIpc) is 2.53. The van der Waals surface area contributed by atoms with Gasteiger partial charge in [0.2, 0.25) is 0 Å². The first-order valence-corrected chi connectivity index (χ1v) is 6.32. The van der Waals surface area contributed by atoms with E-state index >= 15 is 0 Å². The maximum atomic E-state index is 6.48. The summed E-state index contributed by atoms with van der Waals surface area (Å²) in [5.41, 5.74) is 8.43. The third-order valence-electron chi connectivity index (χ3n) is 3.88. The standard InChI is InChI=1S/C15H23N/c1-14(2)10-11-15(16,12-14)9-8-13-6-4-3-5-7-13/h3-7H,8-12,16H2,1-2H3. The van der Waals surface area contributed by atoms with Crippen LogP contribution in [-0.4, -0.2) is 5.54 Å². The van der Waals surface area contributed by atoms with E-state index in [0.29, 0.717) is 5.41 Å². The molecule has 1 atom stereocenters. The highest BCUT2D eigenvalue weighted by atomic mass is 14.8. The Bertz CT molecular complexity index is 342. The van der Waals surface area contributed by atoms with Gasteiger partial charge in [-0.1, -0.05) is 44.2 Å². The average molecular weight is 217 g/mol. The van der Waals surface area contributed by atoms with Crippen molar-refractivity contribution in [3.63, 3.8) is 0 Å². The van der Waals surface area contributed by atoms with Crippen molar-refractivity contribution in [1.29, 1.82) is 0 Å². The number of benzene rings is 1. The summed E-state index contributed by atoms with van der Waals surface area (Å²) >= 11 is 0. The van der Waals surface area contributed by atoms with E-state index in [-0.39, 0.29) is 5.54 Å².